The van der Waals surface area contributed by atoms with Crippen LogP contribution in [0.1, 0.15) is 45.3 Å². The molecule has 0 aliphatic heterocycles. The molecule has 2 aromatic carbocycles. The van der Waals surface area contributed by atoms with Crippen LogP contribution in [0, 0.1) is 0 Å². The zero-order chi connectivity index (χ0) is 19.0. The first-order valence-electron chi connectivity index (χ1n) is 9.07. The summed E-state index contributed by atoms with van der Waals surface area (Å²) >= 11 is 0. The fourth-order valence-electron chi connectivity index (χ4n) is 2.78. The van der Waals surface area contributed by atoms with Crippen LogP contribution in [0.15, 0.2) is 42.5 Å². The van der Waals surface area contributed by atoms with E-state index in [1.165, 1.54) is 0 Å². The Morgan fingerprint density at radius 1 is 1.00 bits per heavy atom. The molecule has 0 fully saturated rings. The van der Waals surface area contributed by atoms with Crippen LogP contribution in [-0.4, -0.2) is 25.3 Å². The van der Waals surface area contributed by atoms with Gasteiger partial charge >= 0.3 is 13.6 Å². The Labute approximate surface area is 155 Å². The standard InChI is InChI=1S/C20H27O5P/c1-4-9-20(21)25-19(15-26(22,23-5-2)24-6-3)18-13-12-16-10-7-8-11-17(16)14-18/h7-8,10-14,19H,4-6,9,15H2,1-3H3. The van der Waals surface area contributed by atoms with Crippen LogP contribution >= 0.6 is 7.60 Å². The number of hydrogen-bond donors (Lipinski definition) is 0. The Bertz CT molecular complexity index is 764. The molecule has 0 spiro atoms. The third kappa shape index (κ3) is 5.66. The molecule has 2 aromatic rings. The number of fused-ring (bicyclic) bond motifs is 1. The summed E-state index contributed by atoms with van der Waals surface area (Å²) in [5.74, 6) is -0.315. The van der Waals surface area contributed by atoms with Crippen LogP contribution in [-0.2, 0) is 23.1 Å². The third-order valence-electron chi connectivity index (χ3n) is 3.91. The summed E-state index contributed by atoms with van der Waals surface area (Å²) < 4.78 is 29.4. The zero-order valence-electron chi connectivity index (χ0n) is 15.6. The Morgan fingerprint density at radius 2 is 1.65 bits per heavy atom. The van der Waals surface area contributed by atoms with Gasteiger partial charge in [0.1, 0.15) is 6.10 Å². The van der Waals surface area contributed by atoms with E-state index < -0.39 is 13.7 Å². The largest absolute Gasteiger partial charge is 0.457 e. The summed E-state index contributed by atoms with van der Waals surface area (Å²) in [7, 11) is -3.35. The van der Waals surface area contributed by atoms with E-state index in [9.17, 15) is 9.36 Å². The van der Waals surface area contributed by atoms with E-state index in [0.29, 0.717) is 12.8 Å². The number of benzene rings is 2. The number of ether oxygens (including phenoxy) is 1. The van der Waals surface area contributed by atoms with Gasteiger partial charge in [0.2, 0.25) is 0 Å². The van der Waals surface area contributed by atoms with Crippen molar-refractivity contribution in [2.75, 3.05) is 19.4 Å². The van der Waals surface area contributed by atoms with Gasteiger partial charge in [0, 0.05) is 6.42 Å². The summed E-state index contributed by atoms with van der Waals surface area (Å²) in [4.78, 5) is 12.1. The lowest BCUT2D eigenvalue weighted by Crippen LogP contribution is -2.16. The average molecular weight is 378 g/mol. The predicted octanol–water partition coefficient (Wildman–Crippen LogP) is 5.49. The molecule has 5 nitrogen and oxygen atoms in total. The quantitative estimate of drug-likeness (QED) is 0.404. The lowest BCUT2D eigenvalue weighted by atomic mass is 10.0. The zero-order valence-corrected chi connectivity index (χ0v) is 16.5. The molecule has 0 aliphatic rings. The maximum atomic E-state index is 13.0. The first-order valence-corrected chi connectivity index (χ1v) is 10.8. The summed E-state index contributed by atoms with van der Waals surface area (Å²) in [5.41, 5.74) is 0.785. The average Bonchev–Trinajstić information content (AvgIpc) is 2.61. The van der Waals surface area contributed by atoms with Crippen molar-refractivity contribution in [2.45, 2.75) is 39.7 Å². The highest BCUT2D eigenvalue weighted by Gasteiger charge is 2.31. The first kappa shape index (κ1) is 20.6. The van der Waals surface area contributed by atoms with Gasteiger partial charge in [-0.1, -0.05) is 43.3 Å². The number of rotatable bonds is 10. The van der Waals surface area contributed by atoms with E-state index in [1.807, 2.05) is 49.4 Å². The van der Waals surface area contributed by atoms with E-state index in [-0.39, 0.29) is 25.3 Å². The monoisotopic (exact) mass is 378 g/mol. The maximum absolute atomic E-state index is 13.0. The maximum Gasteiger partial charge on any atom is 0.334 e. The summed E-state index contributed by atoms with van der Waals surface area (Å²) in [5, 5.41) is 2.12. The Kier molecular flexibility index (Phi) is 7.83. The second-order valence-electron chi connectivity index (χ2n) is 5.96. The van der Waals surface area contributed by atoms with E-state index in [2.05, 4.69) is 0 Å². The molecular weight excluding hydrogens is 351 g/mol. The molecule has 0 saturated heterocycles. The molecule has 2 rings (SSSR count). The van der Waals surface area contributed by atoms with Gasteiger partial charge in [-0.15, -0.1) is 0 Å². The van der Waals surface area contributed by atoms with Gasteiger partial charge in [-0.25, -0.2) is 0 Å². The first-order chi connectivity index (χ1) is 12.5. The summed E-state index contributed by atoms with van der Waals surface area (Å²) in [6.07, 6.45) is 0.334. The molecule has 0 amide bonds. The molecule has 0 N–H and O–H groups in total. The summed E-state index contributed by atoms with van der Waals surface area (Å²) in [6, 6.07) is 13.8. The predicted molar refractivity (Wildman–Crippen MR) is 103 cm³/mol. The molecule has 0 saturated carbocycles. The van der Waals surface area contributed by atoms with Crippen molar-refractivity contribution in [1.82, 2.24) is 0 Å². The van der Waals surface area contributed by atoms with Crippen LogP contribution < -0.4 is 0 Å². The lowest BCUT2D eigenvalue weighted by molar-refractivity contribution is -0.148. The minimum atomic E-state index is -3.35. The smallest absolute Gasteiger partial charge is 0.334 e. The molecule has 1 atom stereocenters. The van der Waals surface area contributed by atoms with Crippen molar-refractivity contribution in [3.63, 3.8) is 0 Å². The molecule has 0 bridgehead atoms. The number of carbonyl (C=O) groups excluding carboxylic acids is 1. The molecule has 142 valence electrons. The highest BCUT2D eigenvalue weighted by atomic mass is 31.2. The molecule has 1 unspecified atom stereocenters. The van der Waals surface area contributed by atoms with E-state index in [1.54, 1.807) is 13.8 Å². The highest BCUT2D eigenvalue weighted by molar-refractivity contribution is 7.53. The Balaban J connectivity index is 2.34. The lowest BCUT2D eigenvalue weighted by Gasteiger charge is -2.24. The summed E-state index contributed by atoms with van der Waals surface area (Å²) in [6.45, 7) is 5.98. The molecule has 0 aliphatic carbocycles. The Hall–Kier alpha value is -1.68. The SMILES string of the molecule is CCCC(=O)OC(CP(=O)(OCC)OCC)c1ccc2ccccc2c1. The molecule has 26 heavy (non-hydrogen) atoms. The van der Waals surface area contributed by atoms with Crippen LogP contribution in [0.2, 0.25) is 0 Å². The third-order valence-corrected chi connectivity index (χ3v) is 6.00. The van der Waals surface area contributed by atoms with Gasteiger partial charge in [-0.3, -0.25) is 9.36 Å². The molecule has 0 radical (unpaired) electrons. The van der Waals surface area contributed by atoms with Crippen molar-refractivity contribution < 1.29 is 23.1 Å². The van der Waals surface area contributed by atoms with Crippen molar-refractivity contribution in [1.29, 1.82) is 0 Å². The topological polar surface area (TPSA) is 61.8 Å². The van der Waals surface area contributed by atoms with Gasteiger partial charge in [-0.05, 0) is 42.7 Å². The molecule has 6 heteroatoms. The second-order valence-corrected chi connectivity index (χ2v) is 8.07. The molecule has 0 heterocycles. The van der Waals surface area contributed by atoms with Gasteiger partial charge in [0.25, 0.3) is 0 Å². The normalized spacial score (nSPS) is 12.9. The fraction of sp³-hybridized carbons (Fsp3) is 0.450. The van der Waals surface area contributed by atoms with Crippen molar-refractivity contribution >= 4 is 24.3 Å². The van der Waals surface area contributed by atoms with Gasteiger partial charge < -0.3 is 13.8 Å². The molecule has 0 aromatic heterocycles. The Morgan fingerprint density at radius 3 is 2.27 bits per heavy atom. The van der Waals surface area contributed by atoms with E-state index in [0.717, 1.165) is 16.3 Å². The number of hydrogen-bond acceptors (Lipinski definition) is 5. The van der Waals surface area contributed by atoms with E-state index in [4.69, 9.17) is 13.8 Å². The van der Waals surface area contributed by atoms with Crippen LogP contribution in [0.3, 0.4) is 0 Å². The van der Waals surface area contributed by atoms with Gasteiger partial charge in [-0.2, -0.15) is 0 Å². The highest BCUT2D eigenvalue weighted by Crippen LogP contribution is 2.51. The van der Waals surface area contributed by atoms with E-state index >= 15 is 0 Å². The van der Waals surface area contributed by atoms with Crippen LogP contribution in [0.25, 0.3) is 10.8 Å². The van der Waals surface area contributed by atoms with Crippen LogP contribution in [0.4, 0.5) is 0 Å². The minimum absolute atomic E-state index is 0.00245. The van der Waals surface area contributed by atoms with Crippen molar-refractivity contribution in [3.05, 3.63) is 48.0 Å². The second kappa shape index (κ2) is 9.86. The van der Waals surface area contributed by atoms with Crippen molar-refractivity contribution in [2.24, 2.45) is 0 Å². The fourth-order valence-corrected chi connectivity index (χ4v) is 4.54. The van der Waals surface area contributed by atoms with Crippen molar-refractivity contribution in [3.8, 4) is 0 Å². The van der Waals surface area contributed by atoms with Crippen LogP contribution in [0.5, 0.6) is 0 Å². The van der Waals surface area contributed by atoms with Gasteiger partial charge in [0.15, 0.2) is 0 Å². The molecular formula is C20H27O5P. The van der Waals surface area contributed by atoms with Gasteiger partial charge in [0.05, 0.1) is 19.4 Å². The number of esters is 1. The minimum Gasteiger partial charge on any atom is -0.457 e. The number of carbonyl (C=O) groups is 1.